The minimum atomic E-state index is -0.351. The Kier molecular flexibility index (Phi) is 6.45. The standard InChI is InChI=1S/C24H18Cl4N2O2S/c25-12-9-14-21-15(11-20(22(21)28)33-19-8-4-3-7-18(19)30(31)32)23(29-24(14)17(27)10-12)13-5-1-2-6-16(13)26/h1-10,15,20-23,29H,11H2. The monoisotopic (exact) mass is 538 g/mol. The molecular weight excluding hydrogens is 522 g/mol. The summed E-state index contributed by atoms with van der Waals surface area (Å²) >= 11 is 28.1. The van der Waals surface area contributed by atoms with Crippen LogP contribution in [0.1, 0.15) is 29.5 Å². The molecule has 1 aliphatic heterocycles. The second-order valence-corrected chi connectivity index (χ2v) is 11.3. The number of nitrogens with zero attached hydrogens (tertiary/aromatic N) is 1. The highest BCUT2D eigenvalue weighted by atomic mass is 35.5. The van der Waals surface area contributed by atoms with Crippen molar-refractivity contribution in [3.05, 3.63) is 97.0 Å². The van der Waals surface area contributed by atoms with Gasteiger partial charge in [0.2, 0.25) is 0 Å². The fourth-order valence-corrected chi connectivity index (χ4v) is 7.81. The van der Waals surface area contributed by atoms with Crippen LogP contribution in [0.15, 0.2) is 65.6 Å². The van der Waals surface area contributed by atoms with Crippen LogP contribution in [0.2, 0.25) is 15.1 Å². The van der Waals surface area contributed by atoms with Crippen molar-refractivity contribution in [3.8, 4) is 0 Å². The van der Waals surface area contributed by atoms with Gasteiger partial charge in [0.25, 0.3) is 5.69 Å². The van der Waals surface area contributed by atoms with Crippen LogP contribution in [0, 0.1) is 16.0 Å². The lowest BCUT2D eigenvalue weighted by Gasteiger charge is -2.39. The number of benzene rings is 3. The van der Waals surface area contributed by atoms with E-state index in [9.17, 15) is 10.1 Å². The molecule has 1 heterocycles. The van der Waals surface area contributed by atoms with Crippen LogP contribution in [0.4, 0.5) is 11.4 Å². The van der Waals surface area contributed by atoms with Crippen molar-refractivity contribution < 1.29 is 4.92 Å². The van der Waals surface area contributed by atoms with Gasteiger partial charge in [0.05, 0.1) is 31.9 Å². The number of para-hydroxylation sites is 1. The largest absolute Gasteiger partial charge is 0.376 e. The molecule has 0 amide bonds. The van der Waals surface area contributed by atoms with Gasteiger partial charge in [0.1, 0.15) is 0 Å². The number of nitro benzene ring substituents is 1. The predicted octanol–water partition coefficient (Wildman–Crippen LogP) is 8.59. The molecular formula is C24H18Cl4N2O2S. The highest BCUT2D eigenvalue weighted by Gasteiger charge is 2.51. The van der Waals surface area contributed by atoms with E-state index in [0.717, 1.165) is 23.2 Å². The van der Waals surface area contributed by atoms with Crippen molar-refractivity contribution >= 4 is 69.5 Å². The first kappa shape index (κ1) is 23.1. The third kappa shape index (κ3) is 4.19. The topological polar surface area (TPSA) is 55.2 Å². The van der Waals surface area contributed by atoms with Crippen molar-refractivity contribution in [2.75, 3.05) is 5.32 Å². The summed E-state index contributed by atoms with van der Waals surface area (Å²) in [5, 5.41) is 16.6. The van der Waals surface area contributed by atoms with Crippen LogP contribution < -0.4 is 5.32 Å². The molecule has 1 aliphatic carbocycles. The summed E-state index contributed by atoms with van der Waals surface area (Å²) in [5.74, 6) is 0.0651. The minimum Gasteiger partial charge on any atom is -0.376 e. The summed E-state index contributed by atoms with van der Waals surface area (Å²) in [4.78, 5) is 11.8. The van der Waals surface area contributed by atoms with Gasteiger partial charge in [-0.05, 0) is 47.7 Å². The summed E-state index contributed by atoms with van der Waals surface area (Å²) in [5.41, 5.74) is 2.86. The smallest absolute Gasteiger partial charge is 0.282 e. The highest BCUT2D eigenvalue weighted by Crippen LogP contribution is 2.59. The van der Waals surface area contributed by atoms with E-state index >= 15 is 0 Å². The molecule has 1 saturated carbocycles. The second-order valence-electron chi connectivity index (χ2n) is 8.25. The first-order valence-corrected chi connectivity index (χ1v) is 12.8. The van der Waals surface area contributed by atoms with Crippen LogP contribution in [-0.4, -0.2) is 15.6 Å². The van der Waals surface area contributed by atoms with E-state index in [4.69, 9.17) is 46.4 Å². The summed E-state index contributed by atoms with van der Waals surface area (Å²) < 4.78 is 0. The van der Waals surface area contributed by atoms with Gasteiger partial charge in [-0.15, -0.1) is 23.4 Å². The number of fused-ring (bicyclic) bond motifs is 3. The number of halogens is 4. The molecule has 33 heavy (non-hydrogen) atoms. The maximum Gasteiger partial charge on any atom is 0.282 e. The van der Waals surface area contributed by atoms with Crippen LogP contribution in [0.25, 0.3) is 0 Å². The molecule has 0 aromatic heterocycles. The summed E-state index contributed by atoms with van der Waals surface area (Å²) in [6, 6.07) is 18.1. The number of anilines is 1. The number of hydrogen-bond acceptors (Lipinski definition) is 4. The Morgan fingerprint density at radius 3 is 2.45 bits per heavy atom. The molecule has 3 aromatic rings. The molecule has 3 aromatic carbocycles. The Hall–Kier alpha value is -1.63. The maximum atomic E-state index is 11.5. The average Bonchev–Trinajstić information content (AvgIpc) is 3.10. The summed E-state index contributed by atoms with van der Waals surface area (Å²) in [6.45, 7) is 0. The Labute approximate surface area is 215 Å². The second kappa shape index (κ2) is 9.20. The quantitative estimate of drug-likeness (QED) is 0.205. The Morgan fingerprint density at radius 2 is 1.70 bits per heavy atom. The van der Waals surface area contributed by atoms with Crippen molar-refractivity contribution in [2.45, 2.75) is 33.9 Å². The molecule has 170 valence electrons. The zero-order valence-corrected chi connectivity index (χ0v) is 20.9. The number of nitro groups is 1. The van der Waals surface area contributed by atoms with Gasteiger partial charge in [0.15, 0.2) is 0 Å². The third-order valence-electron chi connectivity index (χ3n) is 6.42. The van der Waals surface area contributed by atoms with Crippen LogP contribution in [0.3, 0.4) is 0 Å². The highest BCUT2D eigenvalue weighted by molar-refractivity contribution is 8.00. The van der Waals surface area contributed by atoms with Crippen molar-refractivity contribution in [1.82, 2.24) is 0 Å². The molecule has 5 unspecified atom stereocenters. The van der Waals surface area contributed by atoms with Gasteiger partial charge in [-0.1, -0.05) is 65.1 Å². The predicted molar refractivity (Wildman–Crippen MR) is 138 cm³/mol. The normalized spacial score (nSPS) is 25.8. The molecule has 4 nitrogen and oxygen atoms in total. The number of rotatable bonds is 4. The molecule has 9 heteroatoms. The van der Waals surface area contributed by atoms with Gasteiger partial charge in [-0.25, -0.2) is 0 Å². The minimum absolute atomic E-state index is 0.0411. The van der Waals surface area contributed by atoms with E-state index in [1.165, 1.54) is 17.8 Å². The molecule has 5 atom stereocenters. The van der Waals surface area contributed by atoms with Gasteiger partial charge >= 0.3 is 0 Å². The van der Waals surface area contributed by atoms with Gasteiger partial charge in [0, 0.05) is 27.3 Å². The number of thioether (sulfide) groups is 1. The van der Waals surface area contributed by atoms with E-state index in [2.05, 4.69) is 5.32 Å². The summed E-state index contributed by atoms with van der Waals surface area (Å²) in [6.07, 6.45) is 0.752. The van der Waals surface area contributed by atoms with Crippen molar-refractivity contribution in [2.24, 2.45) is 5.92 Å². The van der Waals surface area contributed by atoms with Crippen LogP contribution in [-0.2, 0) is 0 Å². The molecule has 0 radical (unpaired) electrons. The lowest BCUT2D eigenvalue weighted by Crippen LogP contribution is -2.31. The third-order valence-corrected chi connectivity index (χ3v) is 9.39. The molecule has 0 spiro atoms. The molecule has 0 bridgehead atoms. The molecule has 0 saturated heterocycles. The van der Waals surface area contributed by atoms with Crippen molar-refractivity contribution in [3.63, 3.8) is 0 Å². The van der Waals surface area contributed by atoms with Gasteiger partial charge in [-0.2, -0.15) is 0 Å². The number of alkyl halides is 1. The first-order valence-electron chi connectivity index (χ1n) is 10.4. The first-order chi connectivity index (χ1) is 15.8. The van der Waals surface area contributed by atoms with E-state index in [-0.39, 0.29) is 39.1 Å². The fraction of sp³-hybridized carbons (Fsp3) is 0.250. The zero-order valence-electron chi connectivity index (χ0n) is 17.1. The van der Waals surface area contributed by atoms with Gasteiger partial charge in [-0.3, -0.25) is 10.1 Å². The van der Waals surface area contributed by atoms with Crippen LogP contribution >= 0.6 is 58.2 Å². The summed E-state index contributed by atoms with van der Waals surface area (Å²) in [7, 11) is 0. The molecule has 1 N–H and O–H groups in total. The fourth-order valence-electron chi connectivity index (χ4n) is 5.05. The van der Waals surface area contributed by atoms with E-state index in [0.29, 0.717) is 20.0 Å². The Bertz CT molecular complexity index is 1240. The SMILES string of the molecule is O=[N+]([O-])c1ccccc1SC1CC2C(c3ccccc3Cl)Nc3c(Cl)cc(Cl)cc3C2C1Cl. The Balaban J connectivity index is 1.58. The molecule has 1 fully saturated rings. The van der Waals surface area contributed by atoms with E-state index in [1.54, 1.807) is 18.2 Å². The van der Waals surface area contributed by atoms with E-state index in [1.807, 2.05) is 36.4 Å². The molecule has 5 rings (SSSR count). The van der Waals surface area contributed by atoms with Crippen LogP contribution in [0.5, 0.6) is 0 Å². The average molecular weight is 540 g/mol. The van der Waals surface area contributed by atoms with Crippen molar-refractivity contribution in [1.29, 1.82) is 0 Å². The zero-order chi connectivity index (χ0) is 23.3. The Morgan fingerprint density at radius 1 is 0.970 bits per heavy atom. The lowest BCUT2D eigenvalue weighted by atomic mass is 9.77. The number of nitrogens with one attached hydrogen (secondary N) is 1. The van der Waals surface area contributed by atoms with Gasteiger partial charge < -0.3 is 5.32 Å². The maximum absolute atomic E-state index is 11.5. The number of hydrogen-bond donors (Lipinski definition) is 1. The molecule has 2 aliphatic rings. The van der Waals surface area contributed by atoms with E-state index < -0.39 is 0 Å². The lowest BCUT2D eigenvalue weighted by molar-refractivity contribution is -0.387.